The second-order valence-corrected chi connectivity index (χ2v) is 1.71. The van der Waals surface area contributed by atoms with E-state index in [-0.39, 0.29) is 0 Å². The fourth-order valence-electron chi connectivity index (χ4n) is 0.390. The van der Waals surface area contributed by atoms with Crippen molar-refractivity contribution in [3.05, 3.63) is 6.92 Å². The quantitative estimate of drug-likeness (QED) is 0.478. The summed E-state index contributed by atoms with van der Waals surface area (Å²) < 4.78 is 0. The molecule has 0 spiro atoms. The lowest BCUT2D eigenvalue weighted by molar-refractivity contribution is 0.977. The molecule has 0 aliphatic rings. The molecule has 0 aromatic heterocycles. The first kappa shape index (κ1) is 7.56. The third kappa shape index (κ3) is 5.56. The molecule has 0 fully saturated rings. The van der Waals surface area contributed by atoms with Crippen LogP contribution in [0.25, 0.3) is 0 Å². The summed E-state index contributed by atoms with van der Waals surface area (Å²) in [5, 5.41) is 0. The molecule has 0 heterocycles. The Morgan fingerprint density at radius 1 is 1.25 bits per heavy atom. The third-order valence-corrected chi connectivity index (χ3v) is 0.802. The predicted molar refractivity (Wildman–Crippen MR) is 37.3 cm³/mol. The summed E-state index contributed by atoms with van der Waals surface area (Å²) in [7, 11) is 0. The molecule has 1 radical (unpaired) electrons. The van der Waals surface area contributed by atoms with Gasteiger partial charge in [0.1, 0.15) is 0 Å². The van der Waals surface area contributed by atoms with Gasteiger partial charge < -0.3 is 0 Å². The SMILES string of the molecule is [CH2]CCC#CCCC. The Bertz CT molecular complexity index is 71.9. The number of hydrogen-bond donors (Lipinski definition) is 0. The number of hydrogen-bond acceptors (Lipinski definition) is 0. The zero-order chi connectivity index (χ0) is 6.24. The van der Waals surface area contributed by atoms with Gasteiger partial charge in [0.25, 0.3) is 0 Å². The van der Waals surface area contributed by atoms with E-state index in [4.69, 9.17) is 0 Å². The maximum atomic E-state index is 3.68. The Balaban J connectivity index is 2.95. The van der Waals surface area contributed by atoms with Crippen LogP contribution in [0.5, 0.6) is 0 Å². The van der Waals surface area contributed by atoms with Crippen molar-refractivity contribution in [1.29, 1.82) is 0 Å². The fourth-order valence-corrected chi connectivity index (χ4v) is 0.390. The van der Waals surface area contributed by atoms with Gasteiger partial charge >= 0.3 is 0 Å². The summed E-state index contributed by atoms with van der Waals surface area (Å²) in [6, 6.07) is 0. The van der Waals surface area contributed by atoms with Crippen molar-refractivity contribution in [2.24, 2.45) is 0 Å². The van der Waals surface area contributed by atoms with Gasteiger partial charge in [0.15, 0.2) is 0 Å². The van der Waals surface area contributed by atoms with Crippen LogP contribution in [-0.4, -0.2) is 0 Å². The van der Waals surface area contributed by atoms with E-state index in [1.54, 1.807) is 0 Å². The van der Waals surface area contributed by atoms with Crippen molar-refractivity contribution < 1.29 is 0 Å². The molecule has 0 saturated heterocycles. The van der Waals surface area contributed by atoms with Gasteiger partial charge in [-0.25, -0.2) is 0 Å². The highest BCUT2D eigenvalue weighted by Crippen LogP contribution is 1.84. The fraction of sp³-hybridized carbons (Fsp3) is 0.625. The molecule has 0 unspecified atom stereocenters. The summed E-state index contributed by atoms with van der Waals surface area (Å²) in [6.45, 7) is 5.82. The summed E-state index contributed by atoms with van der Waals surface area (Å²) in [5.74, 6) is 6.07. The second-order valence-electron chi connectivity index (χ2n) is 1.71. The molecule has 0 rings (SSSR count). The van der Waals surface area contributed by atoms with E-state index in [0.29, 0.717) is 0 Å². The molecule has 0 heteroatoms. The first-order valence-electron chi connectivity index (χ1n) is 3.16. The van der Waals surface area contributed by atoms with Crippen molar-refractivity contribution in [3.63, 3.8) is 0 Å². The van der Waals surface area contributed by atoms with E-state index < -0.39 is 0 Å². The first-order valence-corrected chi connectivity index (χ1v) is 3.16. The lowest BCUT2D eigenvalue weighted by Gasteiger charge is -1.77. The van der Waals surface area contributed by atoms with E-state index in [1.807, 2.05) is 0 Å². The van der Waals surface area contributed by atoms with Crippen molar-refractivity contribution >= 4 is 0 Å². The third-order valence-electron chi connectivity index (χ3n) is 0.802. The van der Waals surface area contributed by atoms with Crippen molar-refractivity contribution in [3.8, 4) is 11.8 Å². The van der Waals surface area contributed by atoms with E-state index in [2.05, 4.69) is 25.7 Å². The topological polar surface area (TPSA) is 0 Å². The molecular weight excluding hydrogens is 96.1 g/mol. The van der Waals surface area contributed by atoms with Gasteiger partial charge in [0.2, 0.25) is 0 Å². The summed E-state index contributed by atoms with van der Waals surface area (Å²) >= 11 is 0. The lowest BCUT2D eigenvalue weighted by Crippen LogP contribution is -1.63. The second kappa shape index (κ2) is 6.56. The molecule has 0 aromatic carbocycles. The monoisotopic (exact) mass is 109 g/mol. The van der Waals surface area contributed by atoms with Crippen molar-refractivity contribution in [2.75, 3.05) is 0 Å². The molecule has 0 N–H and O–H groups in total. The minimum atomic E-state index is 0.941. The average Bonchev–Trinajstić information content (AvgIpc) is 1.81. The highest BCUT2D eigenvalue weighted by atomic mass is 13.7. The van der Waals surface area contributed by atoms with Crippen molar-refractivity contribution in [1.82, 2.24) is 0 Å². The van der Waals surface area contributed by atoms with Crippen molar-refractivity contribution in [2.45, 2.75) is 32.6 Å². The Morgan fingerprint density at radius 3 is 2.38 bits per heavy atom. The van der Waals surface area contributed by atoms with Crippen LogP contribution in [0.15, 0.2) is 0 Å². The molecule has 0 aliphatic heterocycles. The predicted octanol–water partition coefficient (Wildman–Crippen LogP) is 2.40. The molecule has 45 valence electrons. The van der Waals surface area contributed by atoms with Gasteiger partial charge in [-0.15, -0.1) is 11.8 Å². The Kier molecular flexibility index (Phi) is 6.20. The van der Waals surface area contributed by atoms with Gasteiger partial charge in [-0.2, -0.15) is 0 Å². The molecule has 0 amide bonds. The maximum Gasteiger partial charge on any atom is 0.00886 e. The van der Waals surface area contributed by atoms with Crippen LogP contribution in [0.4, 0.5) is 0 Å². The molecule has 8 heavy (non-hydrogen) atoms. The summed E-state index contributed by atoms with van der Waals surface area (Å²) in [5.41, 5.74) is 0. The van der Waals surface area contributed by atoms with Crippen LogP contribution >= 0.6 is 0 Å². The number of rotatable bonds is 2. The smallest absolute Gasteiger partial charge is 0.00886 e. The minimum Gasteiger partial charge on any atom is -0.103 e. The van der Waals surface area contributed by atoms with Gasteiger partial charge in [-0.05, 0) is 12.8 Å². The Labute approximate surface area is 52.3 Å². The largest absolute Gasteiger partial charge is 0.103 e. The van der Waals surface area contributed by atoms with Crippen LogP contribution in [0.2, 0.25) is 0 Å². The van der Waals surface area contributed by atoms with Gasteiger partial charge in [-0.3, -0.25) is 0 Å². The lowest BCUT2D eigenvalue weighted by atomic mass is 10.3. The molecule has 0 atom stereocenters. The molecule has 0 aromatic rings. The summed E-state index contributed by atoms with van der Waals surface area (Å²) in [6.07, 6.45) is 4.11. The van der Waals surface area contributed by atoms with E-state index in [9.17, 15) is 0 Å². The van der Waals surface area contributed by atoms with Crippen LogP contribution < -0.4 is 0 Å². The van der Waals surface area contributed by atoms with E-state index in [1.165, 1.54) is 6.42 Å². The molecule has 0 bridgehead atoms. The molecule has 0 nitrogen and oxygen atoms in total. The standard InChI is InChI=1S/C8H13/c1-3-5-7-8-6-4-2/h1,3-6H2,2H3. The molecular formula is C8H13. The summed E-state index contributed by atoms with van der Waals surface area (Å²) in [4.78, 5) is 0. The van der Waals surface area contributed by atoms with Gasteiger partial charge in [0.05, 0.1) is 0 Å². The van der Waals surface area contributed by atoms with Crippen LogP contribution in [-0.2, 0) is 0 Å². The Morgan fingerprint density at radius 2 is 1.88 bits per heavy atom. The van der Waals surface area contributed by atoms with Gasteiger partial charge in [-0.1, -0.05) is 13.8 Å². The van der Waals surface area contributed by atoms with Crippen LogP contribution in [0, 0.1) is 18.8 Å². The van der Waals surface area contributed by atoms with E-state index in [0.717, 1.165) is 19.3 Å². The highest BCUT2D eigenvalue weighted by molar-refractivity contribution is 4.98. The highest BCUT2D eigenvalue weighted by Gasteiger charge is 1.70. The maximum absolute atomic E-state index is 3.68. The minimum absolute atomic E-state index is 0.941. The zero-order valence-corrected chi connectivity index (χ0v) is 5.54. The van der Waals surface area contributed by atoms with Crippen LogP contribution in [0.1, 0.15) is 32.6 Å². The van der Waals surface area contributed by atoms with E-state index >= 15 is 0 Å². The normalized spacial score (nSPS) is 7.75. The Hall–Kier alpha value is -0.440. The first-order chi connectivity index (χ1) is 3.91. The number of unbranched alkanes of at least 4 members (excludes halogenated alkanes) is 2. The molecule has 0 aliphatic carbocycles. The van der Waals surface area contributed by atoms with Gasteiger partial charge in [0, 0.05) is 12.8 Å². The average molecular weight is 109 g/mol. The molecule has 0 saturated carbocycles. The zero-order valence-electron chi connectivity index (χ0n) is 5.54. The van der Waals surface area contributed by atoms with Crippen LogP contribution in [0.3, 0.4) is 0 Å².